The molecule has 4 N–H and O–H groups in total. The number of benzene rings is 2. The second-order valence-corrected chi connectivity index (χ2v) is 6.93. The molecule has 0 aliphatic rings. The van der Waals surface area contributed by atoms with E-state index in [0.717, 1.165) is 16.8 Å². The molecule has 0 aliphatic heterocycles. The normalized spacial score (nSPS) is 11.8. The van der Waals surface area contributed by atoms with Crippen molar-refractivity contribution in [1.82, 2.24) is 10.3 Å². The average molecular weight is 412 g/mol. The smallest absolute Gasteiger partial charge is 0.354 e. The number of aromatic nitrogens is 1. The van der Waals surface area contributed by atoms with Crippen LogP contribution in [0.3, 0.4) is 0 Å². The van der Waals surface area contributed by atoms with Gasteiger partial charge in [0.1, 0.15) is 5.69 Å². The number of aromatic carboxylic acids is 1. The summed E-state index contributed by atoms with van der Waals surface area (Å²) in [5.41, 5.74) is 3.14. The van der Waals surface area contributed by atoms with Crippen LogP contribution in [0.2, 0.25) is 5.02 Å². The number of aliphatic hydroxyl groups is 1. The van der Waals surface area contributed by atoms with Gasteiger partial charge in [0.2, 0.25) is 0 Å². The predicted octanol–water partition coefficient (Wildman–Crippen LogP) is 3.84. The maximum Gasteiger partial charge on any atom is 0.354 e. The highest BCUT2D eigenvalue weighted by atomic mass is 35.5. The van der Waals surface area contributed by atoms with Crippen LogP contribution >= 0.6 is 11.6 Å². The zero-order valence-corrected chi connectivity index (χ0v) is 16.4. The molecule has 1 heterocycles. The fraction of sp³-hybridized carbons (Fsp3) is 0.182. The molecule has 0 amide bonds. The molecule has 1 atom stereocenters. The van der Waals surface area contributed by atoms with Crippen LogP contribution in [0.15, 0.2) is 66.7 Å². The van der Waals surface area contributed by atoms with Crippen LogP contribution in [0.1, 0.15) is 22.2 Å². The Morgan fingerprint density at radius 2 is 1.83 bits per heavy atom. The number of hydrogen-bond acceptors (Lipinski definition) is 5. The third-order valence-electron chi connectivity index (χ3n) is 4.33. The highest BCUT2D eigenvalue weighted by molar-refractivity contribution is 6.30. The molecule has 0 saturated carbocycles. The maximum atomic E-state index is 11.1. The van der Waals surface area contributed by atoms with Crippen LogP contribution < -0.4 is 10.6 Å². The minimum atomic E-state index is -1.05. The molecule has 0 radical (unpaired) electrons. The van der Waals surface area contributed by atoms with E-state index in [0.29, 0.717) is 30.4 Å². The van der Waals surface area contributed by atoms with Crippen molar-refractivity contribution >= 4 is 23.3 Å². The first-order chi connectivity index (χ1) is 14.0. The van der Waals surface area contributed by atoms with Gasteiger partial charge in [0.25, 0.3) is 0 Å². The number of anilines is 1. The summed E-state index contributed by atoms with van der Waals surface area (Å²) in [5, 5.41) is 26.4. The zero-order valence-electron chi connectivity index (χ0n) is 15.7. The Morgan fingerprint density at radius 3 is 2.62 bits per heavy atom. The van der Waals surface area contributed by atoms with Crippen molar-refractivity contribution in [2.75, 3.05) is 25.0 Å². The predicted molar refractivity (Wildman–Crippen MR) is 114 cm³/mol. The fourth-order valence-electron chi connectivity index (χ4n) is 2.87. The van der Waals surface area contributed by atoms with E-state index in [1.54, 1.807) is 24.3 Å². The van der Waals surface area contributed by atoms with Gasteiger partial charge in [-0.05, 0) is 42.0 Å². The number of hydrogen-bond donors (Lipinski definition) is 4. The minimum Gasteiger partial charge on any atom is -0.477 e. The first kappa shape index (κ1) is 20.8. The molecule has 0 fully saturated rings. The Labute approximate surface area is 174 Å². The van der Waals surface area contributed by atoms with Gasteiger partial charge in [-0.1, -0.05) is 41.9 Å². The maximum absolute atomic E-state index is 11.1. The van der Waals surface area contributed by atoms with Gasteiger partial charge in [-0.3, -0.25) is 0 Å². The molecule has 3 rings (SSSR count). The molecule has 7 heteroatoms. The monoisotopic (exact) mass is 411 g/mol. The standard InChI is InChI=1S/C22H22ClN3O3/c23-17-6-1-5-16(12-17)21(27)14-24-10-11-25-18-7-2-4-15(13-18)19-8-3-9-20(26-19)22(28)29/h1-9,12-13,21,24-25,27H,10-11,14H2,(H,28,29)/t21-/m0/s1. The molecular formula is C22H22ClN3O3. The zero-order chi connectivity index (χ0) is 20.6. The summed E-state index contributed by atoms with van der Waals surface area (Å²) in [6.45, 7) is 1.75. The van der Waals surface area contributed by atoms with Gasteiger partial charge in [-0.2, -0.15) is 0 Å². The number of nitrogens with one attached hydrogen (secondary N) is 2. The lowest BCUT2D eigenvalue weighted by atomic mass is 10.1. The van der Waals surface area contributed by atoms with Crippen LogP contribution in [-0.4, -0.2) is 40.8 Å². The van der Waals surface area contributed by atoms with Crippen molar-refractivity contribution < 1.29 is 15.0 Å². The van der Waals surface area contributed by atoms with Crippen LogP contribution in [0.5, 0.6) is 0 Å². The van der Waals surface area contributed by atoms with Gasteiger partial charge < -0.3 is 20.8 Å². The second-order valence-electron chi connectivity index (χ2n) is 6.50. The van der Waals surface area contributed by atoms with E-state index in [2.05, 4.69) is 15.6 Å². The summed E-state index contributed by atoms with van der Waals surface area (Å²) in [6.07, 6.45) is -0.621. The summed E-state index contributed by atoms with van der Waals surface area (Å²) in [7, 11) is 0. The summed E-state index contributed by atoms with van der Waals surface area (Å²) >= 11 is 5.95. The molecule has 0 aliphatic carbocycles. The highest BCUT2D eigenvalue weighted by Crippen LogP contribution is 2.21. The van der Waals surface area contributed by atoms with Gasteiger partial charge in [-0.15, -0.1) is 0 Å². The molecule has 0 spiro atoms. The molecule has 150 valence electrons. The summed E-state index contributed by atoms with van der Waals surface area (Å²) < 4.78 is 0. The Balaban J connectivity index is 1.50. The third-order valence-corrected chi connectivity index (χ3v) is 4.56. The summed E-state index contributed by atoms with van der Waals surface area (Å²) in [4.78, 5) is 15.3. The summed E-state index contributed by atoms with van der Waals surface area (Å²) in [6, 6.07) is 19.8. The van der Waals surface area contributed by atoms with Crippen molar-refractivity contribution in [3.63, 3.8) is 0 Å². The molecule has 3 aromatic rings. The Hall–Kier alpha value is -2.93. The fourth-order valence-corrected chi connectivity index (χ4v) is 3.07. The van der Waals surface area contributed by atoms with Crippen molar-refractivity contribution in [2.45, 2.75) is 6.10 Å². The molecular weight excluding hydrogens is 390 g/mol. The Kier molecular flexibility index (Phi) is 7.19. The lowest BCUT2D eigenvalue weighted by Crippen LogP contribution is -2.26. The highest BCUT2D eigenvalue weighted by Gasteiger charge is 2.08. The Morgan fingerprint density at radius 1 is 1.03 bits per heavy atom. The SMILES string of the molecule is O=C(O)c1cccc(-c2cccc(NCCNC[C@H](O)c3cccc(Cl)c3)c2)n1. The average Bonchev–Trinajstić information content (AvgIpc) is 2.73. The lowest BCUT2D eigenvalue weighted by molar-refractivity contribution is 0.0690. The van der Waals surface area contributed by atoms with Crippen molar-refractivity contribution in [1.29, 1.82) is 0 Å². The number of aliphatic hydroxyl groups excluding tert-OH is 1. The second kappa shape index (κ2) is 10.0. The van der Waals surface area contributed by atoms with E-state index in [-0.39, 0.29) is 5.69 Å². The van der Waals surface area contributed by atoms with E-state index in [4.69, 9.17) is 16.7 Å². The van der Waals surface area contributed by atoms with E-state index in [9.17, 15) is 9.90 Å². The van der Waals surface area contributed by atoms with E-state index in [1.807, 2.05) is 36.4 Å². The minimum absolute atomic E-state index is 0.0170. The topological polar surface area (TPSA) is 94.5 Å². The number of carbonyl (C=O) groups is 1. The molecule has 1 aromatic heterocycles. The van der Waals surface area contributed by atoms with Gasteiger partial charge >= 0.3 is 5.97 Å². The molecule has 29 heavy (non-hydrogen) atoms. The van der Waals surface area contributed by atoms with E-state index < -0.39 is 12.1 Å². The molecule has 0 unspecified atom stereocenters. The Bertz CT molecular complexity index is 981. The van der Waals surface area contributed by atoms with E-state index >= 15 is 0 Å². The number of nitrogens with zero attached hydrogens (tertiary/aromatic N) is 1. The third kappa shape index (κ3) is 6.02. The van der Waals surface area contributed by atoms with Crippen molar-refractivity contribution in [3.8, 4) is 11.3 Å². The van der Waals surface area contributed by atoms with Crippen LogP contribution in [-0.2, 0) is 0 Å². The number of halogens is 1. The van der Waals surface area contributed by atoms with Crippen LogP contribution in [0, 0.1) is 0 Å². The van der Waals surface area contributed by atoms with Crippen LogP contribution in [0.25, 0.3) is 11.3 Å². The molecule has 0 bridgehead atoms. The van der Waals surface area contributed by atoms with E-state index in [1.165, 1.54) is 6.07 Å². The number of rotatable bonds is 9. The lowest BCUT2D eigenvalue weighted by Gasteiger charge is -2.13. The number of carboxylic acids is 1. The number of carboxylic acid groups (broad SMARTS) is 1. The van der Waals surface area contributed by atoms with Crippen LogP contribution in [0.4, 0.5) is 5.69 Å². The van der Waals surface area contributed by atoms with Gasteiger partial charge in [-0.25, -0.2) is 9.78 Å². The van der Waals surface area contributed by atoms with Crippen molar-refractivity contribution in [2.24, 2.45) is 0 Å². The van der Waals surface area contributed by atoms with Gasteiger partial charge in [0, 0.05) is 35.9 Å². The molecule has 6 nitrogen and oxygen atoms in total. The largest absolute Gasteiger partial charge is 0.477 e. The summed E-state index contributed by atoms with van der Waals surface area (Å²) in [5.74, 6) is -1.05. The molecule has 0 saturated heterocycles. The first-order valence-corrected chi connectivity index (χ1v) is 9.59. The van der Waals surface area contributed by atoms with Gasteiger partial charge in [0.05, 0.1) is 11.8 Å². The van der Waals surface area contributed by atoms with Gasteiger partial charge in [0.15, 0.2) is 0 Å². The quantitative estimate of drug-likeness (QED) is 0.400. The molecule has 2 aromatic carbocycles. The first-order valence-electron chi connectivity index (χ1n) is 9.22. The van der Waals surface area contributed by atoms with Crippen molar-refractivity contribution in [3.05, 3.63) is 83.0 Å². The number of pyridine rings is 1.